The number of hydrogen-bond acceptors (Lipinski definition) is 2. The van der Waals surface area contributed by atoms with Crippen LogP contribution in [0.5, 0.6) is 0 Å². The van der Waals surface area contributed by atoms with Gasteiger partial charge in [-0.15, -0.1) is 19.0 Å². The minimum absolute atomic E-state index is 0. The number of halogens is 3. The van der Waals surface area contributed by atoms with Crippen LogP contribution in [-0.2, 0) is 11.3 Å². The van der Waals surface area contributed by atoms with Crippen LogP contribution in [0.2, 0.25) is 0 Å². The maximum absolute atomic E-state index is 13.8. The van der Waals surface area contributed by atoms with Crippen LogP contribution in [0.25, 0.3) is 0 Å². The first kappa shape index (κ1) is 23.3. The Labute approximate surface area is 167 Å². The lowest BCUT2D eigenvalue weighted by Gasteiger charge is -2.23. The van der Waals surface area contributed by atoms with E-state index >= 15 is 0 Å². The minimum Gasteiger partial charge on any atom is -0.376 e. The van der Waals surface area contributed by atoms with Crippen LogP contribution in [0.15, 0.2) is 49.1 Å². The van der Waals surface area contributed by atoms with E-state index in [1.807, 2.05) is 19.1 Å². The maximum Gasteiger partial charge on any atom is 0.131 e. The summed E-state index contributed by atoms with van der Waals surface area (Å²) >= 11 is 0. The summed E-state index contributed by atoms with van der Waals surface area (Å²) in [5.74, 6) is -1.08. The van der Waals surface area contributed by atoms with Crippen LogP contribution in [0.3, 0.4) is 0 Å². The highest BCUT2D eigenvalue weighted by molar-refractivity contribution is 5.85. The first-order valence-corrected chi connectivity index (χ1v) is 8.86. The average Bonchev–Trinajstić information content (AvgIpc) is 2.60. The highest BCUT2D eigenvalue weighted by atomic mass is 35.5. The van der Waals surface area contributed by atoms with Crippen molar-refractivity contribution >= 4 is 12.4 Å². The Morgan fingerprint density at radius 2 is 1.63 bits per heavy atom. The summed E-state index contributed by atoms with van der Waals surface area (Å²) in [4.78, 5) is 0. The van der Waals surface area contributed by atoms with E-state index < -0.39 is 11.6 Å². The zero-order valence-corrected chi connectivity index (χ0v) is 16.9. The van der Waals surface area contributed by atoms with Gasteiger partial charge in [0, 0.05) is 24.1 Å². The lowest BCUT2D eigenvalue weighted by atomic mass is 9.91. The molecule has 0 aliphatic carbocycles. The fourth-order valence-corrected chi connectivity index (χ4v) is 3.10. The van der Waals surface area contributed by atoms with Crippen LogP contribution >= 0.6 is 12.4 Å². The summed E-state index contributed by atoms with van der Waals surface area (Å²) in [5, 5.41) is 3.41. The largest absolute Gasteiger partial charge is 0.376 e. The van der Waals surface area contributed by atoms with Gasteiger partial charge < -0.3 is 10.1 Å². The molecule has 148 valence electrons. The summed E-state index contributed by atoms with van der Waals surface area (Å²) in [7, 11) is 0. The maximum atomic E-state index is 13.8. The van der Waals surface area contributed by atoms with Gasteiger partial charge in [-0.1, -0.05) is 30.3 Å². The molecule has 0 saturated heterocycles. The number of ether oxygens (including phenoxy) is 1. The smallest absolute Gasteiger partial charge is 0.131 e. The lowest BCUT2D eigenvalue weighted by Crippen LogP contribution is -2.31. The van der Waals surface area contributed by atoms with E-state index in [0.717, 1.165) is 0 Å². The van der Waals surface area contributed by atoms with Crippen molar-refractivity contribution in [3.63, 3.8) is 0 Å². The number of benzene rings is 2. The average molecular weight is 396 g/mol. The summed E-state index contributed by atoms with van der Waals surface area (Å²) < 4.78 is 33.3. The molecule has 2 nitrogen and oxygen atoms in total. The summed E-state index contributed by atoms with van der Waals surface area (Å²) in [6.45, 7) is 10.9. The van der Waals surface area contributed by atoms with Crippen molar-refractivity contribution < 1.29 is 13.5 Å². The minimum atomic E-state index is -0.577. The zero-order chi connectivity index (χ0) is 19.1. The fourth-order valence-electron chi connectivity index (χ4n) is 3.10. The van der Waals surface area contributed by atoms with Gasteiger partial charge in [-0.05, 0) is 49.6 Å². The van der Waals surface area contributed by atoms with Crippen LogP contribution in [0.1, 0.15) is 35.1 Å². The standard InChI is InChI=1S/C22H27F2NO.ClH/c1-5-17(4)25-12-18(22-15(2)8-6-9-16(22)3)13-26-14-19-20(23)10-7-11-21(19)24;/h5-11,17-18,25H,1,12-14H2,2-4H3;1H. The first-order chi connectivity index (χ1) is 12.4. The van der Waals surface area contributed by atoms with E-state index in [4.69, 9.17) is 4.74 Å². The van der Waals surface area contributed by atoms with Gasteiger partial charge in [0.2, 0.25) is 0 Å². The van der Waals surface area contributed by atoms with E-state index in [9.17, 15) is 8.78 Å². The van der Waals surface area contributed by atoms with Crippen LogP contribution in [-0.4, -0.2) is 19.2 Å². The Bertz CT molecular complexity index is 711. The second kappa shape index (κ2) is 11.2. The number of nitrogens with one attached hydrogen (secondary N) is 1. The molecule has 2 atom stereocenters. The van der Waals surface area contributed by atoms with E-state index in [2.05, 4.69) is 37.9 Å². The molecule has 1 N–H and O–H groups in total. The Hall–Kier alpha value is -1.75. The predicted molar refractivity (Wildman–Crippen MR) is 110 cm³/mol. The molecule has 0 spiro atoms. The van der Waals surface area contributed by atoms with E-state index in [-0.39, 0.29) is 36.5 Å². The topological polar surface area (TPSA) is 21.3 Å². The van der Waals surface area contributed by atoms with Crippen molar-refractivity contribution in [3.8, 4) is 0 Å². The van der Waals surface area contributed by atoms with Gasteiger partial charge in [0.25, 0.3) is 0 Å². The van der Waals surface area contributed by atoms with E-state index in [1.54, 1.807) is 0 Å². The van der Waals surface area contributed by atoms with E-state index in [1.165, 1.54) is 34.9 Å². The highest BCUT2D eigenvalue weighted by Crippen LogP contribution is 2.25. The Kier molecular flexibility index (Phi) is 9.64. The van der Waals surface area contributed by atoms with Crippen molar-refractivity contribution in [2.75, 3.05) is 13.2 Å². The Morgan fingerprint density at radius 3 is 2.19 bits per heavy atom. The lowest BCUT2D eigenvalue weighted by molar-refractivity contribution is 0.101. The molecule has 27 heavy (non-hydrogen) atoms. The molecule has 0 heterocycles. The third kappa shape index (κ3) is 6.42. The molecule has 0 aliphatic rings. The molecular weight excluding hydrogens is 368 g/mol. The van der Waals surface area contributed by atoms with Gasteiger partial charge >= 0.3 is 0 Å². The normalized spacial score (nSPS) is 12.9. The van der Waals surface area contributed by atoms with Crippen molar-refractivity contribution in [2.24, 2.45) is 0 Å². The van der Waals surface area contributed by atoms with Crippen molar-refractivity contribution in [2.45, 2.75) is 39.3 Å². The highest BCUT2D eigenvalue weighted by Gasteiger charge is 2.18. The predicted octanol–water partition coefficient (Wildman–Crippen LogP) is 5.47. The van der Waals surface area contributed by atoms with Crippen molar-refractivity contribution in [1.82, 2.24) is 5.32 Å². The zero-order valence-electron chi connectivity index (χ0n) is 16.1. The van der Waals surface area contributed by atoms with Gasteiger partial charge in [0.1, 0.15) is 11.6 Å². The number of rotatable bonds is 9. The van der Waals surface area contributed by atoms with Crippen LogP contribution < -0.4 is 5.32 Å². The van der Waals surface area contributed by atoms with Gasteiger partial charge in [0.05, 0.1) is 13.2 Å². The molecule has 5 heteroatoms. The molecule has 2 aromatic carbocycles. The second-order valence-electron chi connectivity index (χ2n) is 6.65. The van der Waals surface area contributed by atoms with Gasteiger partial charge in [-0.2, -0.15) is 0 Å². The third-order valence-corrected chi connectivity index (χ3v) is 4.62. The molecular formula is C22H28ClF2NO. The Morgan fingerprint density at radius 1 is 1.07 bits per heavy atom. The molecule has 0 bridgehead atoms. The second-order valence-corrected chi connectivity index (χ2v) is 6.65. The van der Waals surface area contributed by atoms with Gasteiger partial charge in [0.15, 0.2) is 0 Å². The molecule has 2 rings (SSSR count). The molecule has 2 aromatic rings. The number of hydrogen-bond donors (Lipinski definition) is 1. The molecule has 0 aliphatic heterocycles. The molecule has 0 saturated carbocycles. The van der Waals surface area contributed by atoms with Crippen molar-refractivity contribution in [3.05, 3.63) is 82.9 Å². The van der Waals surface area contributed by atoms with Gasteiger partial charge in [-0.25, -0.2) is 8.78 Å². The Balaban J connectivity index is 0.00000364. The number of aryl methyl sites for hydroxylation is 2. The third-order valence-electron chi connectivity index (χ3n) is 4.62. The fraction of sp³-hybridized carbons (Fsp3) is 0.364. The van der Waals surface area contributed by atoms with Gasteiger partial charge in [-0.3, -0.25) is 0 Å². The molecule has 0 fully saturated rings. The van der Waals surface area contributed by atoms with E-state index in [0.29, 0.717) is 13.2 Å². The summed E-state index contributed by atoms with van der Waals surface area (Å²) in [5.41, 5.74) is 3.55. The summed E-state index contributed by atoms with van der Waals surface area (Å²) in [6.07, 6.45) is 1.84. The molecule has 2 unspecified atom stereocenters. The molecule has 0 amide bonds. The van der Waals surface area contributed by atoms with Crippen LogP contribution in [0.4, 0.5) is 8.78 Å². The SMILES string of the molecule is C=CC(C)NCC(COCc1c(F)cccc1F)c1c(C)cccc1C.Cl. The monoisotopic (exact) mass is 395 g/mol. The first-order valence-electron chi connectivity index (χ1n) is 8.86. The molecule has 0 radical (unpaired) electrons. The summed E-state index contributed by atoms with van der Waals surface area (Å²) in [6, 6.07) is 10.2. The molecule has 0 aromatic heterocycles. The quantitative estimate of drug-likeness (QED) is 0.568. The van der Waals surface area contributed by atoms with Crippen molar-refractivity contribution in [1.29, 1.82) is 0 Å². The van der Waals surface area contributed by atoms with Crippen LogP contribution in [0, 0.1) is 25.5 Å².